The van der Waals surface area contributed by atoms with Gasteiger partial charge in [0, 0.05) is 6.04 Å². The van der Waals surface area contributed by atoms with Crippen molar-refractivity contribution in [2.45, 2.75) is 26.3 Å². The van der Waals surface area contributed by atoms with Gasteiger partial charge >= 0.3 is 0 Å². The van der Waals surface area contributed by atoms with Crippen LogP contribution in [0, 0.1) is 0 Å². The van der Waals surface area contributed by atoms with E-state index in [-0.39, 0.29) is 6.04 Å². The average Bonchev–Trinajstić information content (AvgIpc) is 2.65. The molecule has 1 aliphatic heterocycles. The van der Waals surface area contributed by atoms with Crippen LogP contribution in [-0.2, 0) is 6.42 Å². The number of fused-ring (bicyclic) bond motifs is 1. The Morgan fingerprint density at radius 2 is 2.27 bits per heavy atom. The van der Waals surface area contributed by atoms with E-state index in [1.807, 2.05) is 13.0 Å². The smallest absolute Gasteiger partial charge is 0.231 e. The first kappa shape index (κ1) is 10.8. The second-order valence-corrected chi connectivity index (χ2v) is 4.43. The van der Waals surface area contributed by atoms with Crippen molar-refractivity contribution in [3.63, 3.8) is 0 Å². The lowest BCUT2D eigenvalue weighted by Crippen LogP contribution is -2.08. The molecule has 1 aromatic rings. The Morgan fingerprint density at radius 1 is 1.53 bits per heavy atom. The molecule has 1 unspecified atom stereocenters. The summed E-state index contributed by atoms with van der Waals surface area (Å²) in [5.74, 6) is 1.59. The van der Waals surface area contributed by atoms with E-state index in [9.17, 15) is 0 Å². The van der Waals surface area contributed by atoms with Crippen LogP contribution in [0.4, 0.5) is 0 Å². The van der Waals surface area contributed by atoms with Crippen molar-refractivity contribution in [1.29, 1.82) is 0 Å². The minimum atomic E-state index is 0.00532. The second-order valence-electron chi connectivity index (χ2n) is 3.63. The molecule has 15 heavy (non-hydrogen) atoms. The molecule has 3 nitrogen and oxygen atoms in total. The van der Waals surface area contributed by atoms with Crippen LogP contribution in [0.3, 0.4) is 0 Å². The Labute approximate surface area is 97.7 Å². The number of rotatable bonds is 2. The molecule has 0 saturated heterocycles. The van der Waals surface area contributed by atoms with Gasteiger partial charge in [-0.1, -0.05) is 6.92 Å². The largest absolute Gasteiger partial charge is 0.454 e. The zero-order valence-corrected chi connectivity index (χ0v) is 10.4. The number of nitrogens with two attached hydrogens (primary N) is 1. The molecular weight excluding hydrogens is 258 g/mol. The summed E-state index contributed by atoms with van der Waals surface area (Å²) in [5, 5.41) is 0. The van der Waals surface area contributed by atoms with Crippen molar-refractivity contribution in [3.8, 4) is 11.5 Å². The fourth-order valence-electron chi connectivity index (χ4n) is 1.83. The maximum Gasteiger partial charge on any atom is 0.231 e. The van der Waals surface area contributed by atoms with Crippen molar-refractivity contribution in [2.24, 2.45) is 5.73 Å². The molecule has 82 valence electrons. The molecule has 0 bridgehead atoms. The first-order valence-corrected chi connectivity index (χ1v) is 5.80. The lowest BCUT2D eigenvalue weighted by atomic mass is 9.99. The van der Waals surface area contributed by atoms with Crippen LogP contribution in [0.5, 0.6) is 11.5 Å². The van der Waals surface area contributed by atoms with E-state index in [2.05, 4.69) is 22.9 Å². The maximum atomic E-state index is 5.94. The first-order valence-electron chi connectivity index (χ1n) is 5.01. The topological polar surface area (TPSA) is 44.5 Å². The molecule has 0 radical (unpaired) electrons. The summed E-state index contributed by atoms with van der Waals surface area (Å²) in [6, 6.07) is 1.99. The third-order valence-electron chi connectivity index (χ3n) is 2.58. The zero-order chi connectivity index (χ0) is 11.0. The zero-order valence-electron chi connectivity index (χ0n) is 8.84. The van der Waals surface area contributed by atoms with Gasteiger partial charge in [0.15, 0.2) is 11.5 Å². The number of benzene rings is 1. The normalized spacial score (nSPS) is 15.5. The van der Waals surface area contributed by atoms with Gasteiger partial charge in [-0.2, -0.15) is 0 Å². The van der Waals surface area contributed by atoms with E-state index < -0.39 is 0 Å². The molecule has 0 amide bonds. The average molecular weight is 272 g/mol. The third-order valence-corrected chi connectivity index (χ3v) is 3.42. The summed E-state index contributed by atoms with van der Waals surface area (Å²) in [5.41, 5.74) is 8.26. The summed E-state index contributed by atoms with van der Waals surface area (Å²) in [6.45, 7) is 4.37. The molecule has 2 N–H and O–H groups in total. The van der Waals surface area contributed by atoms with E-state index in [4.69, 9.17) is 15.2 Å². The van der Waals surface area contributed by atoms with Crippen LogP contribution in [-0.4, -0.2) is 6.79 Å². The Bertz CT molecular complexity index is 391. The van der Waals surface area contributed by atoms with Gasteiger partial charge in [-0.15, -0.1) is 0 Å². The van der Waals surface area contributed by atoms with E-state index in [0.29, 0.717) is 6.79 Å². The predicted octanol–water partition coefficient (Wildman–Crippen LogP) is 2.76. The first-order chi connectivity index (χ1) is 7.15. The van der Waals surface area contributed by atoms with Gasteiger partial charge in [0.05, 0.1) is 4.47 Å². The van der Waals surface area contributed by atoms with Crippen LogP contribution in [0.2, 0.25) is 0 Å². The predicted molar refractivity (Wildman–Crippen MR) is 62.2 cm³/mol. The lowest BCUT2D eigenvalue weighted by Gasteiger charge is -2.15. The highest BCUT2D eigenvalue weighted by atomic mass is 79.9. The van der Waals surface area contributed by atoms with Gasteiger partial charge in [0.1, 0.15) is 0 Å². The summed E-state index contributed by atoms with van der Waals surface area (Å²) in [6.07, 6.45) is 0.925. The van der Waals surface area contributed by atoms with Gasteiger partial charge in [-0.05, 0) is 46.5 Å². The van der Waals surface area contributed by atoms with Crippen LogP contribution < -0.4 is 15.2 Å². The molecule has 1 atom stereocenters. The van der Waals surface area contributed by atoms with Gasteiger partial charge in [0.25, 0.3) is 0 Å². The third kappa shape index (κ3) is 1.72. The van der Waals surface area contributed by atoms with Crippen LogP contribution in [0.15, 0.2) is 10.5 Å². The number of hydrogen-bond acceptors (Lipinski definition) is 3. The van der Waals surface area contributed by atoms with Crippen LogP contribution in [0.1, 0.15) is 31.0 Å². The van der Waals surface area contributed by atoms with Crippen LogP contribution >= 0.6 is 15.9 Å². The van der Waals surface area contributed by atoms with Crippen molar-refractivity contribution in [1.82, 2.24) is 0 Å². The molecule has 0 aromatic heterocycles. The monoisotopic (exact) mass is 271 g/mol. The highest BCUT2D eigenvalue weighted by molar-refractivity contribution is 9.10. The van der Waals surface area contributed by atoms with E-state index in [1.165, 1.54) is 5.56 Å². The van der Waals surface area contributed by atoms with Gasteiger partial charge in [0.2, 0.25) is 6.79 Å². The lowest BCUT2D eigenvalue weighted by molar-refractivity contribution is 0.173. The Kier molecular flexibility index (Phi) is 2.89. The van der Waals surface area contributed by atoms with Crippen molar-refractivity contribution < 1.29 is 9.47 Å². The van der Waals surface area contributed by atoms with Gasteiger partial charge in [-0.25, -0.2) is 0 Å². The van der Waals surface area contributed by atoms with Crippen molar-refractivity contribution in [3.05, 3.63) is 21.7 Å². The number of halogens is 1. The molecule has 4 heteroatoms. The molecule has 0 aliphatic carbocycles. The van der Waals surface area contributed by atoms with Gasteiger partial charge in [-0.3, -0.25) is 0 Å². The minimum Gasteiger partial charge on any atom is -0.454 e. The Hall–Kier alpha value is -0.740. The van der Waals surface area contributed by atoms with Gasteiger partial charge < -0.3 is 15.2 Å². The van der Waals surface area contributed by atoms with Crippen molar-refractivity contribution >= 4 is 15.9 Å². The van der Waals surface area contributed by atoms with Crippen LogP contribution in [0.25, 0.3) is 0 Å². The standard InChI is InChI=1S/C11H14BrNO2/c1-3-7-8(6(2)13)4-9-11(10(7)12)15-5-14-9/h4,6H,3,5,13H2,1-2H3. The van der Waals surface area contributed by atoms with Crippen molar-refractivity contribution in [2.75, 3.05) is 6.79 Å². The fourth-order valence-corrected chi connectivity index (χ4v) is 2.64. The molecule has 1 heterocycles. The molecule has 2 rings (SSSR count). The summed E-state index contributed by atoms with van der Waals surface area (Å²) >= 11 is 3.55. The SMILES string of the molecule is CCc1c(C(C)N)cc2c(c1Br)OCO2. The highest BCUT2D eigenvalue weighted by Crippen LogP contribution is 2.44. The number of ether oxygens (including phenoxy) is 2. The number of hydrogen-bond donors (Lipinski definition) is 1. The summed E-state index contributed by atoms with van der Waals surface area (Å²) in [4.78, 5) is 0. The molecule has 0 spiro atoms. The second kappa shape index (κ2) is 4.02. The molecule has 1 aromatic carbocycles. The Balaban J connectivity index is 2.61. The highest BCUT2D eigenvalue weighted by Gasteiger charge is 2.23. The van der Waals surface area contributed by atoms with E-state index >= 15 is 0 Å². The van der Waals surface area contributed by atoms with E-state index in [0.717, 1.165) is 28.0 Å². The minimum absolute atomic E-state index is 0.00532. The molecular formula is C11H14BrNO2. The molecule has 1 aliphatic rings. The quantitative estimate of drug-likeness (QED) is 0.900. The molecule has 0 fully saturated rings. The summed E-state index contributed by atoms with van der Waals surface area (Å²) < 4.78 is 11.7. The van der Waals surface area contributed by atoms with E-state index in [1.54, 1.807) is 0 Å². The maximum absolute atomic E-state index is 5.94. The summed E-state index contributed by atoms with van der Waals surface area (Å²) in [7, 11) is 0. The fraction of sp³-hybridized carbons (Fsp3) is 0.455. The Morgan fingerprint density at radius 3 is 2.87 bits per heavy atom. The molecule has 0 saturated carbocycles.